The molecule has 4 aliphatic carbocycles. The zero-order chi connectivity index (χ0) is 17.1. The molecule has 4 nitrogen and oxygen atoms in total. The first-order valence-corrected chi connectivity index (χ1v) is 9.82. The van der Waals surface area contributed by atoms with Crippen LogP contribution in [0.2, 0.25) is 0 Å². The summed E-state index contributed by atoms with van der Waals surface area (Å²) < 4.78 is 0. The van der Waals surface area contributed by atoms with E-state index in [1.807, 2.05) is 0 Å². The molecule has 0 saturated heterocycles. The number of aliphatic hydroxyl groups is 1. The fraction of sp³-hybridized carbons (Fsp3) is 0.900. The van der Waals surface area contributed by atoms with Gasteiger partial charge in [0.25, 0.3) is 0 Å². The van der Waals surface area contributed by atoms with Crippen LogP contribution in [0.25, 0.3) is 0 Å². The molecule has 3 fully saturated rings. The number of rotatable bonds is 2. The number of hydrogen-bond donors (Lipinski definition) is 1. The summed E-state index contributed by atoms with van der Waals surface area (Å²) in [7, 11) is 0. The molecule has 24 heavy (non-hydrogen) atoms. The molecule has 0 heterocycles. The van der Waals surface area contributed by atoms with Crippen LogP contribution in [0.15, 0.2) is 11.6 Å². The Hall–Kier alpha value is -0.900. The number of allylic oxidation sites excluding steroid dienone is 1. The van der Waals surface area contributed by atoms with Crippen molar-refractivity contribution in [1.82, 2.24) is 0 Å². The van der Waals surface area contributed by atoms with Gasteiger partial charge in [-0.15, -0.1) is 0 Å². The molecule has 4 rings (SSSR count). The van der Waals surface area contributed by atoms with E-state index in [9.17, 15) is 15.2 Å². The van der Waals surface area contributed by atoms with Crippen LogP contribution in [0.5, 0.6) is 0 Å². The maximum atomic E-state index is 10.9. The van der Waals surface area contributed by atoms with Gasteiger partial charge in [0.1, 0.15) is 0 Å². The minimum absolute atomic E-state index is 0.0353. The zero-order valence-electron chi connectivity index (χ0n) is 15.0. The molecular formula is C20H31NO3. The van der Waals surface area contributed by atoms with Crippen LogP contribution in [0, 0.1) is 44.6 Å². The number of fused-ring (bicyclic) bond motifs is 5. The van der Waals surface area contributed by atoms with Crippen molar-refractivity contribution in [2.75, 3.05) is 6.54 Å². The average Bonchev–Trinajstić information content (AvgIpc) is 2.83. The molecule has 134 valence electrons. The summed E-state index contributed by atoms with van der Waals surface area (Å²) in [6.45, 7) is 4.82. The van der Waals surface area contributed by atoms with Gasteiger partial charge in [-0.1, -0.05) is 19.9 Å². The van der Waals surface area contributed by atoms with Gasteiger partial charge in [0.05, 0.1) is 6.10 Å². The molecule has 0 amide bonds. The van der Waals surface area contributed by atoms with E-state index >= 15 is 0 Å². The number of nitro groups is 1. The van der Waals surface area contributed by atoms with Crippen LogP contribution in [-0.2, 0) is 0 Å². The molecular weight excluding hydrogens is 302 g/mol. The van der Waals surface area contributed by atoms with Gasteiger partial charge >= 0.3 is 0 Å². The third-order valence-corrected chi connectivity index (χ3v) is 8.69. The first kappa shape index (κ1) is 16.6. The second kappa shape index (κ2) is 5.55. The minimum atomic E-state index is -0.175. The van der Waals surface area contributed by atoms with Gasteiger partial charge in [0, 0.05) is 4.92 Å². The summed E-state index contributed by atoms with van der Waals surface area (Å²) in [6.07, 6.45) is 11.1. The topological polar surface area (TPSA) is 63.4 Å². The van der Waals surface area contributed by atoms with E-state index in [0.717, 1.165) is 43.1 Å². The molecule has 3 saturated carbocycles. The lowest BCUT2D eigenvalue weighted by Crippen LogP contribution is -2.53. The van der Waals surface area contributed by atoms with Crippen molar-refractivity contribution in [3.63, 3.8) is 0 Å². The first-order chi connectivity index (χ1) is 11.3. The van der Waals surface area contributed by atoms with Crippen molar-refractivity contribution < 1.29 is 10.0 Å². The molecule has 0 unspecified atom stereocenters. The Labute approximate surface area is 144 Å². The van der Waals surface area contributed by atoms with Crippen molar-refractivity contribution in [3.8, 4) is 0 Å². The van der Waals surface area contributed by atoms with Crippen LogP contribution in [0.1, 0.15) is 65.2 Å². The lowest BCUT2D eigenvalue weighted by atomic mass is 9.45. The maximum absolute atomic E-state index is 10.9. The molecule has 4 aliphatic rings. The number of aliphatic hydroxyl groups excluding tert-OH is 1. The molecule has 0 aromatic heterocycles. The predicted octanol–water partition coefficient (Wildman–Crippen LogP) is 4.20. The highest BCUT2D eigenvalue weighted by Gasteiger charge is 2.59. The summed E-state index contributed by atoms with van der Waals surface area (Å²) in [5.74, 6) is 2.81. The molecule has 0 aliphatic heterocycles. The predicted molar refractivity (Wildman–Crippen MR) is 93.1 cm³/mol. The van der Waals surface area contributed by atoms with Gasteiger partial charge < -0.3 is 5.11 Å². The molecule has 0 aromatic carbocycles. The number of hydrogen-bond acceptors (Lipinski definition) is 3. The normalized spacial score (nSPS) is 50.5. The highest BCUT2D eigenvalue weighted by atomic mass is 16.6. The Bertz CT molecular complexity index is 573. The Morgan fingerprint density at radius 2 is 1.92 bits per heavy atom. The molecule has 0 radical (unpaired) electrons. The summed E-state index contributed by atoms with van der Waals surface area (Å²) in [4.78, 5) is 10.7. The van der Waals surface area contributed by atoms with Crippen molar-refractivity contribution in [2.45, 2.75) is 71.3 Å². The Kier molecular flexibility index (Phi) is 3.83. The van der Waals surface area contributed by atoms with E-state index < -0.39 is 0 Å². The lowest BCUT2D eigenvalue weighted by Gasteiger charge is -2.59. The third kappa shape index (κ3) is 2.28. The molecule has 4 heteroatoms. The van der Waals surface area contributed by atoms with Crippen LogP contribution < -0.4 is 0 Å². The second-order valence-electron chi connectivity index (χ2n) is 9.56. The van der Waals surface area contributed by atoms with Crippen LogP contribution in [0.3, 0.4) is 0 Å². The van der Waals surface area contributed by atoms with E-state index in [1.54, 1.807) is 0 Å². The van der Waals surface area contributed by atoms with Crippen molar-refractivity contribution in [1.29, 1.82) is 0 Å². The van der Waals surface area contributed by atoms with Crippen molar-refractivity contribution in [2.24, 2.45) is 34.5 Å². The minimum Gasteiger partial charge on any atom is -0.393 e. The standard InChI is InChI=1S/C20H31NO3/c1-19-9-7-13(12-21(23)24)11-14(19)3-4-15-16-5-6-18(22)20(16,2)10-8-17(15)19/h7,14-18,22H,3-6,8-12H2,1-2H3/t14-,15+,16-,17-,18-,19-,20-/m0/s1. The van der Waals surface area contributed by atoms with Crippen molar-refractivity contribution in [3.05, 3.63) is 21.8 Å². The summed E-state index contributed by atoms with van der Waals surface area (Å²) in [6, 6.07) is 0. The maximum Gasteiger partial charge on any atom is 0.224 e. The van der Waals surface area contributed by atoms with Crippen molar-refractivity contribution >= 4 is 0 Å². The van der Waals surface area contributed by atoms with E-state index in [2.05, 4.69) is 19.9 Å². The van der Waals surface area contributed by atoms with E-state index in [4.69, 9.17) is 0 Å². The monoisotopic (exact) mass is 333 g/mol. The Morgan fingerprint density at radius 1 is 1.17 bits per heavy atom. The highest BCUT2D eigenvalue weighted by molar-refractivity contribution is 5.17. The Balaban J connectivity index is 1.58. The highest BCUT2D eigenvalue weighted by Crippen LogP contribution is 2.65. The van der Waals surface area contributed by atoms with Crippen LogP contribution >= 0.6 is 0 Å². The fourth-order valence-corrected chi connectivity index (χ4v) is 7.22. The summed E-state index contributed by atoms with van der Waals surface area (Å²) in [5, 5.41) is 21.4. The summed E-state index contributed by atoms with van der Waals surface area (Å²) in [5.41, 5.74) is 1.52. The van der Waals surface area contributed by atoms with E-state index in [0.29, 0.717) is 17.3 Å². The quantitative estimate of drug-likeness (QED) is 0.468. The van der Waals surface area contributed by atoms with Gasteiger partial charge in [-0.2, -0.15) is 0 Å². The average molecular weight is 333 g/mol. The largest absolute Gasteiger partial charge is 0.393 e. The van der Waals surface area contributed by atoms with E-state index in [1.165, 1.54) is 25.7 Å². The third-order valence-electron chi connectivity index (χ3n) is 8.69. The van der Waals surface area contributed by atoms with Gasteiger partial charge in [0.15, 0.2) is 0 Å². The molecule has 0 aromatic rings. The summed E-state index contributed by atoms with van der Waals surface area (Å²) >= 11 is 0. The van der Waals surface area contributed by atoms with Crippen LogP contribution in [0.4, 0.5) is 0 Å². The SMILES string of the molecule is C[C@]12CC=C(C[N+](=O)[O-])C[C@@H]1CC[C@H]1[C@@H]2CC[C@]2(C)[C@@H](O)CC[C@@H]12. The second-order valence-corrected chi connectivity index (χ2v) is 9.56. The first-order valence-electron chi connectivity index (χ1n) is 9.82. The molecule has 0 bridgehead atoms. The van der Waals surface area contributed by atoms with Gasteiger partial charge in [0.2, 0.25) is 6.54 Å². The molecule has 0 spiro atoms. The van der Waals surface area contributed by atoms with Gasteiger partial charge in [-0.3, -0.25) is 10.1 Å². The van der Waals surface area contributed by atoms with Gasteiger partial charge in [-0.25, -0.2) is 0 Å². The lowest BCUT2D eigenvalue weighted by molar-refractivity contribution is -0.471. The fourth-order valence-electron chi connectivity index (χ4n) is 7.22. The smallest absolute Gasteiger partial charge is 0.224 e. The molecule has 1 N–H and O–H groups in total. The van der Waals surface area contributed by atoms with Crippen LogP contribution in [-0.4, -0.2) is 22.7 Å². The Morgan fingerprint density at radius 3 is 2.67 bits per heavy atom. The number of nitrogens with zero attached hydrogens (tertiary/aromatic N) is 1. The molecule has 7 atom stereocenters. The van der Waals surface area contributed by atoms with Gasteiger partial charge in [-0.05, 0) is 91.4 Å². The zero-order valence-corrected chi connectivity index (χ0v) is 15.0. The van der Waals surface area contributed by atoms with E-state index in [-0.39, 0.29) is 23.0 Å².